The third-order valence-corrected chi connectivity index (χ3v) is 3.39. The van der Waals surface area contributed by atoms with Crippen LogP contribution < -0.4 is 4.74 Å². The minimum Gasteiger partial charge on any atom is -0.406 e. The van der Waals surface area contributed by atoms with Gasteiger partial charge in [-0.05, 0) is 42.5 Å². The SMILES string of the molecule is Cn1c(-c2ccc(OC(F)(F)F)cc2)nc2ccc(C=O)cc21. The van der Waals surface area contributed by atoms with Crippen molar-refractivity contribution in [1.29, 1.82) is 0 Å². The normalized spacial score (nSPS) is 11.7. The average Bonchev–Trinajstić information content (AvgIpc) is 2.83. The number of imidazole rings is 1. The summed E-state index contributed by atoms with van der Waals surface area (Å²) in [4.78, 5) is 15.3. The molecule has 1 aromatic heterocycles. The number of benzene rings is 2. The Morgan fingerprint density at radius 2 is 1.83 bits per heavy atom. The summed E-state index contributed by atoms with van der Waals surface area (Å²) in [6, 6.07) is 10.6. The van der Waals surface area contributed by atoms with Crippen LogP contribution in [0.4, 0.5) is 13.2 Å². The van der Waals surface area contributed by atoms with Crippen molar-refractivity contribution in [2.75, 3.05) is 0 Å². The number of alkyl halides is 3. The standard InChI is InChI=1S/C16H11F3N2O2/c1-21-14-8-10(9-22)2-7-13(14)20-15(21)11-3-5-12(6-4-11)23-16(17,18)19/h2-9H,1H3. The van der Waals surface area contributed by atoms with E-state index in [1.165, 1.54) is 24.3 Å². The first-order valence-corrected chi connectivity index (χ1v) is 6.65. The number of aldehydes is 1. The monoisotopic (exact) mass is 320 g/mol. The molecule has 0 aliphatic rings. The van der Waals surface area contributed by atoms with Crippen molar-refractivity contribution < 1.29 is 22.7 Å². The number of aryl methyl sites for hydroxylation is 1. The number of carbonyl (C=O) groups excluding carboxylic acids is 1. The second-order valence-electron chi connectivity index (χ2n) is 4.93. The van der Waals surface area contributed by atoms with E-state index in [1.54, 1.807) is 29.8 Å². The predicted molar refractivity (Wildman–Crippen MR) is 78.2 cm³/mol. The number of aromatic nitrogens is 2. The molecule has 0 aliphatic heterocycles. The lowest BCUT2D eigenvalue weighted by Crippen LogP contribution is -2.16. The molecule has 0 saturated carbocycles. The number of rotatable bonds is 3. The number of fused-ring (bicyclic) bond motifs is 1. The topological polar surface area (TPSA) is 44.1 Å². The van der Waals surface area contributed by atoms with Gasteiger partial charge >= 0.3 is 6.36 Å². The quantitative estimate of drug-likeness (QED) is 0.686. The van der Waals surface area contributed by atoms with Crippen LogP contribution in [-0.4, -0.2) is 22.2 Å². The van der Waals surface area contributed by atoms with Gasteiger partial charge in [0, 0.05) is 18.2 Å². The van der Waals surface area contributed by atoms with Crippen LogP contribution >= 0.6 is 0 Å². The molecule has 0 unspecified atom stereocenters. The molecule has 118 valence electrons. The summed E-state index contributed by atoms with van der Waals surface area (Å²) in [5.74, 6) is 0.296. The maximum Gasteiger partial charge on any atom is 0.573 e. The van der Waals surface area contributed by atoms with Gasteiger partial charge < -0.3 is 9.30 Å². The first-order chi connectivity index (χ1) is 10.9. The summed E-state index contributed by atoms with van der Waals surface area (Å²) in [5.41, 5.74) is 2.63. The third kappa shape index (κ3) is 3.03. The van der Waals surface area contributed by atoms with Crippen LogP contribution in [0, 0.1) is 0 Å². The smallest absolute Gasteiger partial charge is 0.406 e. The lowest BCUT2D eigenvalue weighted by molar-refractivity contribution is -0.274. The fraction of sp³-hybridized carbons (Fsp3) is 0.125. The number of hydrogen-bond acceptors (Lipinski definition) is 3. The van der Waals surface area contributed by atoms with E-state index in [1.807, 2.05) is 0 Å². The van der Waals surface area contributed by atoms with Crippen LogP contribution in [0.5, 0.6) is 5.75 Å². The Morgan fingerprint density at radius 3 is 2.43 bits per heavy atom. The molecule has 2 aromatic carbocycles. The molecule has 7 heteroatoms. The first kappa shape index (κ1) is 15.1. The summed E-state index contributed by atoms with van der Waals surface area (Å²) < 4.78 is 42.1. The molecular formula is C16H11F3N2O2. The maximum atomic E-state index is 12.2. The largest absolute Gasteiger partial charge is 0.573 e. The van der Waals surface area contributed by atoms with Gasteiger partial charge in [0.15, 0.2) is 0 Å². The van der Waals surface area contributed by atoms with E-state index >= 15 is 0 Å². The Morgan fingerprint density at radius 1 is 1.13 bits per heavy atom. The van der Waals surface area contributed by atoms with E-state index in [9.17, 15) is 18.0 Å². The summed E-state index contributed by atoms with van der Waals surface area (Å²) in [7, 11) is 1.78. The van der Waals surface area contributed by atoms with Gasteiger partial charge in [-0.15, -0.1) is 13.2 Å². The van der Waals surface area contributed by atoms with Gasteiger partial charge in [0.25, 0.3) is 0 Å². The Kier molecular flexibility index (Phi) is 3.55. The molecule has 0 atom stereocenters. The van der Waals surface area contributed by atoms with Gasteiger partial charge in [0.1, 0.15) is 17.9 Å². The highest BCUT2D eigenvalue weighted by Gasteiger charge is 2.31. The molecule has 4 nitrogen and oxygen atoms in total. The molecule has 0 radical (unpaired) electrons. The van der Waals surface area contributed by atoms with E-state index < -0.39 is 6.36 Å². The molecule has 0 spiro atoms. The lowest BCUT2D eigenvalue weighted by atomic mass is 10.2. The molecule has 0 bridgehead atoms. The zero-order valence-corrected chi connectivity index (χ0v) is 12.0. The summed E-state index contributed by atoms with van der Waals surface area (Å²) in [5, 5.41) is 0. The Balaban J connectivity index is 2.00. The van der Waals surface area contributed by atoms with E-state index in [2.05, 4.69) is 9.72 Å². The third-order valence-electron chi connectivity index (χ3n) is 3.39. The highest BCUT2D eigenvalue weighted by Crippen LogP contribution is 2.28. The lowest BCUT2D eigenvalue weighted by Gasteiger charge is -2.09. The molecule has 0 saturated heterocycles. The van der Waals surface area contributed by atoms with E-state index in [-0.39, 0.29) is 5.75 Å². The second-order valence-corrected chi connectivity index (χ2v) is 4.93. The van der Waals surface area contributed by atoms with Gasteiger partial charge in [-0.3, -0.25) is 4.79 Å². The molecule has 3 aromatic rings. The molecule has 3 rings (SSSR count). The number of ether oxygens (including phenoxy) is 1. The van der Waals surface area contributed by atoms with Crippen LogP contribution in [-0.2, 0) is 7.05 Å². The van der Waals surface area contributed by atoms with Gasteiger partial charge in [0.2, 0.25) is 0 Å². The first-order valence-electron chi connectivity index (χ1n) is 6.65. The molecule has 1 heterocycles. The fourth-order valence-corrected chi connectivity index (χ4v) is 2.34. The van der Waals surface area contributed by atoms with Crippen molar-refractivity contribution in [2.24, 2.45) is 7.05 Å². The van der Waals surface area contributed by atoms with E-state index in [0.717, 1.165) is 11.8 Å². The van der Waals surface area contributed by atoms with Gasteiger partial charge in [-0.25, -0.2) is 4.98 Å². The van der Waals surface area contributed by atoms with E-state index in [4.69, 9.17) is 0 Å². The van der Waals surface area contributed by atoms with Crippen LogP contribution in [0.2, 0.25) is 0 Å². The Labute approximate surface area is 129 Å². The number of hydrogen-bond donors (Lipinski definition) is 0. The van der Waals surface area contributed by atoms with Crippen molar-refractivity contribution in [3.63, 3.8) is 0 Å². The van der Waals surface area contributed by atoms with Crippen molar-refractivity contribution in [3.05, 3.63) is 48.0 Å². The predicted octanol–water partition coefficient (Wildman–Crippen LogP) is 3.95. The highest BCUT2D eigenvalue weighted by atomic mass is 19.4. The molecule has 0 amide bonds. The molecule has 0 aliphatic carbocycles. The van der Waals surface area contributed by atoms with Crippen molar-refractivity contribution in [3.8, 4) is 17.1 Å². The summed E-state index contributed by atoms with van der Waals surface area (Å²) in [6.45, 7) is 0. The number of nitrogens with zero attached hydrogens (tertiary/aromatic N) is 2. The minimum absolute atomic E-state index is 0.289. The number of halogens is 3. The molecule has 23 heavy (non-hydrogen) atoms. The summed E-state index contributed by atoms with van der Waals surface area (Å²) >= 11 is 0. The Hall–Kier alpha value is -2.83. The van der Waals surface area contributed by atoms with Crippen LogP contribution in [0.3, 0.4) is 0 Å². The zero-order chi connectivity index (χ0) is 16.6. The molecule has 0 N–H and O–H groups in total. The molecule has 0 fully saturated rings. The minimum atomic E-state index is -4.72. The van der Waals surface area contributed by atoms with Gasteiger partial charge in [-0.1, -0.05) is 0 Å². The molecular weight excluding hydrogens is 309 g/mol. The summed E-state index contributed by atoms with van der Waals surface area (Å²) in [6.07, 6.45) is -3.97. The Bertz CT molecular complexity index is 867. The average molecular weight is 320 g/mol. The highest BCUT2D eigenvalue weighted by molar-refractivity contribution is 5.87. The number of carbonyl (C=O) groups is 1. The fourth-order valence-electron chi connectivity index (χ4n) is 2.34. The van der Waals surface area contributed by atoms with Gasteiger partial charge in [0.05, 0.1) is 11.0 Å². The van der Waals surface area contributed by atoms with Crippen molar-refractivity contribution in [1.82, 2.24) is 9.55 Å². The second kappa shape index (κ2) is 5.42. The zero-order valence-electron chi connectivity index (χ0n) is 12.0. The van der Waals surface area contributed by atoms with Gasteiger partial charge in [-0.2, -0.15) is 0 Å². The van der Waals surface area contributed by atoms with E-state index in [0.29, 0.717) is 22.5 Å². The van der Waals surface area contributed by atoms with Crippen molar-refractivity contribution in [2.45, 2.75) is 6.36 Å². The van der Waals surface area contributed by atoms with Crippen LogP contribution in [0.1, 0.15) is 10.4 Å². The van der Waals surface area contributed by atoms with Crippen molar-refractivity contribution >= 4 is 17.3 Å². The maximum absolute atomic E-state index is 12.2. The van der Waals surface area contributed by atoms with Crippen LogP contribution in [0.25, 0.3) is 22.4 Å². The van der Waals surface area contributed by atoms with Crippen LogP contribution in [0.15, 0.2) is 42.5 Å².